The topological polar surface area (TPSA) is 38.2 Å². The summed E-state index contributed by atoms with van der Waals surface area (Å²) in [6, 6.07) is 0. The summed E-state index contributed by atoms with van der Waals surface area (Å²) in [6.45, 7) is 3.05. The zero-order chi connectivity index (χ0) is 12.4. The molecule has 0 saturated carbocycles. The van der Waals surface area contributed by atoms with Gasteiger partial charge in [-0.15, -0.1) is 0 Å². The van der Waals surface area contributed by atoms with Crippen molar-refractivity contribution in [3.05, 3.63) is 16.9 Å². The average molecular weight is 312 g/mol. The molecule has 1 aromatic heterocycles. The third-order valence-electron chi connectivity index (χ3n) is 3.92. The highest BCUT2D eigenvalue weighted by Crippen LogP contribution is 2.29. The molecule has 4 nitrogen and oxygen atoms in total. The summed E-state index contributed by atoms with van der Waals surface area (Å²) in [7, 11) is 0. The molecular weight excluding hydrogens is 294 g/mol. The molecule has 1 atom stereocenters. The van der Waals surface area contributed by atoms with Crippen LogP contribution in [0.25, 0.3) is 0 Å². The average Bonchev–Trinajstić information content (AvgIpc) is 2.94. The number of ether oxygens (including phenoxy) is 1. The van der Waals surface area contributed by atoms with E-state index in [9.17, 15) is 0 Å². The highest BCUT2D eigenvalue weighted by Gasteiger charge is 2.29. The lowest BCUT2D eigenvalue weighted by atomic mass is 9.90. The SMILES string of the molecule is Brc1cnc(N2CCC(C3CCCO3)CC2)nc1. The lowest BCUT2D eigenvalue weighted by molar-refractivity contribution is 0.0530. The Bertz CT molecular complexity index is 384. The molecule has 1 aromatic rings. The highest BCUT2D eigenvalue weighted by atomic mass is 79.9. The smallest absolute Gasteiger partial charge is 0.225 e. The second-order valence-corrected chi connectivity index (χ2v) is 5.99. The molecule has 3 rings (SSSR count). The predicted octanol–water partition coefficient (Wildman–Crippen LogP) is 2.63. The molecule has 2 fully saturated rings. The standard InChI is InChI=1S/C13H18BrN3O/c14-11-8-15-13(16-9-11)17-5-3-10(4-6-17)12-2-1-7-18-12/h8-10,12H,1-7H2. The molecule has 2 aliphatic heterocycles. The van der Waals surface area contributed by atoms with Crippen LogP contribution in [0.2, 0.25) is 0 Å². The first-order valence-corrected chi connectivity index (χ1v) is 7.46. The van der Waals surface area contributed by atoms with Crippen LogP contribution in [0.3, 0.4) is 0 Å². The van der Waals surface area contributed by atoms with E-state index in [-0.39, 0.29) is 0 Å². The van der Waals surface area contributed by atoms with Crippen molar-refractivity contribution in [1.29, 1.82) is 0 Å². The molecule has 2 saturated heterocycles. The van der Waals surface area contributed by atoms with Gasteiger partial charge in [-0.3, -0.25) is 0 Å². The Hall–Kier alpha value is -0.680. The Morgan fingerprint density at radius 2 is 1.89 bits per heavy atom. The van der Waals surface area contributed by atoms with Crippen LogP contribution in [0.1, 0.15) is 25.7 Å². The van der Waals surface area contributed by atoms with Gasteiger partial charge in [0.2, 0.25) is 5.95 Å². The van der Waals surface area contributed by atoms with E-state index in [2.05, 4.69) is 30.8 Å². The molecule has 0 aliphatic carbocycles. The van der Waals surface area contributed by atoms with Crippen LogP contribution in [0.15, 0.2) is 16.9 Å². The predicted molar refractivity (Wildman–Crippen MR) is 73.6 cm³/mol. The van der Waals surface area contributed by atoms with Crippen LogP contribution < -0.4 is 4.90 Å². The van der Waals surface area contributed by atoms with Crippen LogP contribution in [0.5, 0.6) is 0 Å². The Kier molecular flexibility index (Phi) is 3.80. The molecule has 18 heavy (non-hydrogen) atoms. The van der Waals surface area contributed by atoms with E-state index in [0.717, 1.165) is 36.0 Å². The van der Waals surface area contributed by atoms with Gasteiger partial charge < -0.3 is 9.64 Å². The molecule has 0 bridgehead atoms. The van der Waals surface area contributed by atoms with Gasteiger partial charge in [0.05, 0.1) is 10.6 Å². The molecule has 3 heterocycles. The zero-order valence-corrected chi connectivity index (χ0v) is 12.0. The van der Waals surface area contributed by atoms with Gasteiger partial charge in [-0.2, -0.15) is 0 Å². The molecule has 5 heteroatoms. The molecule has 0 spiro atoms. The fourth-order valence-corrected chi connectivity index (χ4v) is 3.12. The molecule has 0 radical (unpaired) electrons. The monoisotopic (exact) mass is 311 g/mol. The molecule has 0 N–H and O–H groups in total. The maximum absolute atomic E-state index is 5.79. The van der Waals surface area contributed by atoms with E-state index in [1.165, 1.54) is 25.7 Å². The molecule has 0 amide bonds. The van der Waals surface area contributed by atoms with Gasteiger partial charge in [-0.1, -0.05) is 0 Å². The second-order valence-electron chi connectivity index (χ2n) is 5.08. The van der Waals surface area contributed by atoms with Crippen molar-refractivity contribution < 1.29 is 4.74 Å². The number of nitrogens with zero attached hydrogens (tertiary/aromatic N) is 3. The van der Waals surface area contributed by atoms with E-state index < -0.39 is 0 Å². The first-order valence-electron chi connectivity index (χ1n) is 6.67. The lowest BCUT2D eigenvalue weighted by Gasteiger charge is -2.34. The third kappa shape index (κ3) is 2.67. The summed E-state index contributed by atoms with van der Waals surface area (Å²) in [4.78, 5) is 11.0. The van der Waals surface area contributed by atoms with Crippen molar-refractivity contribution in [2.24, 2.45) is 5.92 Å². The van der Waals surface area contributed by atoms with Crippen LogP contribution in [0.4, 0.5) is 5.95 Å². The first-order chi connectivity index (χ1) is 8.83. The van der Waals surface area contributed by atoms with Crippen molar-refractivity contribution in [3.63, 3.8) is 0 Å². The van der Waals surface area contributed by atoms with E-state index in [0.29, 0.717) is 6.10 Å². The fraction of sp³-hybridized carbons (Fsp3) is 0.692. The van der Waals surface area contributed by atoms with Gasteiger partial charge in [-0.05, 0) is 47.5 Å². The van der Waals surface area contributed by atoms with E-state index in [1.807, 2.05) is 12.4 Å². The Morgan fingerprint density at radius 3 is 2.50 bits per heavy atom. The van der Waals surface area contributed by atoms with Crippen molar-refractivity contribution in [3.8, 4) is 0 Å². The summed E-state index contributed by atoms with van der Waals surface area (Å²) in [6.07, 6.45) is 9.02. The largest absolute Gasteiger partial charge is 0.378 e. The zero-order valence-electron chi connectivity index (χ0n) is 10.4. The summed E-state index contributed by atoms with van der Waals surface area (Å²) < 4.78 is 6.72. The van der Waals surface area contributed by atoms with E-state index in [4.69, 9.17) is 4.74 Å². The van der Waals surface area contributed by atoms with Crippen molar-refractivity contribution >= 4 is 21.9 Å². The Balaban J connectivity index is 1.57. The van der Waals surface area contributed by atoms with Gasteiger partial charge >= 0.3 is 0 Å². The molecule has 1 unspecified atom stereocenters. The van der Waals surface area contributed by atoms with Gasteiger partial charge in [0.1, 0.15) is 0 Å². The van der Waals surface area contributed by atoms with Crippen LogP contribution in [-0.2, 0) is 4.74 Å². The molecule has 98 valence electrons. The summed E-state index contributed by atoms with van der Waals surface area (Å²) in [5.74, 6) is 1.59. The third-order valence-corrected chi connectivity index (χ3v) is 4.33. The first kappa shape index (κ1) is 12.4. The second kappa shape index (κ2) is 5.53. The minimum absolute atomic E-state index is 0.512. The van der Waals surface area contributed by atoms with Crippen molar-refractivity contribution in [2.45, 2.75) is 31.8 Å². The van der Waals surface area contributed by atoms with Gasteiger partial charge in [0.15, 0.2) is 0 Å². The molecule has 2 aliphatic rings. The summed E-state index contributed by atoms with van der Waals surface area (Å²) >= 11 is 3.36. The Morgan fingerprint density at radius 1 is 1.17 bits per heavy atom. The van der Waals surface area contributed by atoms with Crippen LogP contribution >= 0.6 is 15.9 Å². The lowest BCUT2D eigenvalue weighted by Crippen LogP contribution is -2.38. The minimum atomic E-state index is 0.512. The number of anilines is 1. The molecule has 0 aromatic carbocycles. The van der Waals surface area contributed by atoms with Crippen LogP contribution in [0, 0.1) is 5.92 Å². The number of halogens is 1. The Labute approximate surface area is 116 Å². The van der Waals surface area contributed by atoms with Crippen molar-refractivity contribution in [1.82, 2.24) is 9.97 Å². The quantitative estimate of drug-likeness (QED) is 0.841. The number of hydrogen-bond acceptors (Lipinski definition) is 4. The number of rotatable bonds is 2. The fourth-order valence-electron chi connectivity index (χ4n) is 2.91. The molecular formula is C13H18BrN3O. The highest BCUT2D eigenvalue weighted by molar-refractivity contribution is 9.10. The number of piperidine rings is 1. The number of aromatic nitrogens is 2. The minimum Gasteiger partial charge on any atom is -0.378 e. The normalized spacial score (nSPS) is 25.6. The summed E-state index contributed by atoms with van der Waals surface area (Å²) in [5.41, 5.74) is 0. The maximum Gasteiger partial charge on any atom is 0.225 e. The summed E-state index contributed by atoms with van der Waals surface area (Å²) in [5, 5.41) is 0. The van der Waals surface area contributed by atoms with Crippen molar-refractivity contribution in [2.75, 3.05) is 24.6 Å². The van der Waals surface area contributed by atoms with Gasteiger partial charge in [0, 0.05) is 32.1 Å². The van der Waals surface area contributed by atoms with E-state index in [1.54, 1.807) is 0 Å². The van der Waals surface area contributed by atoms with Gasteiger partial charge in [-0.25, -0.2) is 9.97 Å². The maximum atomic E-state index is 5.79. The number of hydrogen-bond donors (Lipinski definition) is 0. The van der Waals surface area contributed by atoms with Gasteiger partial charge in [0.25, 0.3) is 0 Å². The van der Waals surface area contributed by atoms with E-state index >= 15 is 0 Å². The van der Waals surface area contributed by atoms with Crippen LogP contribution in [-0.4, -0.2) is 35.8 Å².